The molecule has 0 aromatic heterocycles. The quantitative estimate of drug-likeness (QED) is 0.449. The average Bonchev–Trinajstić information content (AvgIpc) is 2.71. The molecule has 0 spiro atoms. The van der Waals surface area contributed by atoms with E-state index in [1.54, 1.807) is 0 Å². The van der Waals surface area contributed by atoms with Crippen molar-refractivity contribution in [2.24, 2.45) is 5.73 Å². The molecule has 3 N–H and O–H groups in total. The number of nitro benzene ring substituents is 1. The number of nitro groups is 1. The molecule has 3 rings (SSSR count). The zero-order valence-corrected chi connectivity index (χ0v) is 15.3. The lowest BCUT2D eigenvalue weighted by Crippen LogP contribution is -2.38. The first-order chi connectivity index (χ1) is 13.8. The molecule has 0 fully saturated rings. The Morgan fingerprint density at radius 1 is 1.17 bits per heavy atom. The number of esters is 1. The predicted octanol–water partition coefficient (Wildman–Crippen LogP) is 2.22. The summed E-state index contributed by atoms with van der Waals surface area (Å²) in [5.41, 5.74) is 6.91. The summed E-state index contributed by atoms with van der Waals surface area (Å²) in [6.07, 6.45) is 1.29. The smallest absolute Gasteiger partial charge is 0.338 e. The molecule has 0 saturated carbocycles. The van der Waals surface area contributed by atoms with Crippen LogP contribution in [0.1, 0.15) is 22.3 Å². The summed E-state index contributed by atoms with van der Waals surface area (Å²) in [6, 6.07) is 9.46. The summed E-state index contributed by atoms with van der Waals surface area (Å²) in [5.74, 6) is -1.11. The van der Waals surface area contributed by atoms with Crippen LogP contribution >= 0.6 is 0 Å². The molecular formula is C19H18N4O6. The van der Waals surface area contributed by atoms with E-state index in [1.807, 2.05) is 0 Å². The number of amides is 3. The zero-order valence-electron chi connectivity index (χ0n) is 15.3. The number of nitrogens with two attached hydrogens (primary N) is 1. The second kappa shape index (κ2) is 8.38. The van der Waals surface area contributed by atoms with Gasteiger partial charge in [0.2, 0.25) is 0 Å². The summed E-state index contributed by atoms with van der Waals surface area (Å²) < 4.78 is 5.09. The lowest BCUT2D eigenvalue weighted by atomic mass is 10.0. The van der Waals surface area contributed by atoms with E-state index >= 15 is 0 Å². The monoisotopic (exact) mass is 398 g/mol. The highest BCUT2D eigenvalue weighted by atomic mass is 16.6. The number of fused-ring (bicyclic) bond motifs is 1. The van der Waals surface area contributed by atoms with Crippen molar-refractivity contribution >= 4 is 35.0 Å². The summed E-state index contributed by atoms with van der Waals surface area (Å²) >= 11 is 0. The minimum atomic E-state index is -0.724. The molecule has 1 aliphatic rings. The minimum absolute atomic E-state index is 0.0289. The van der Waals surface area contributed by atoms with Gasteiger partial charge in [-0.2, -0.15) is 0 Å². The van der Waals surface area contributed by atoms with Crippen LogP contribution in [0.3, 0.4) is 0 Å². The first kappa shape index (κ1) is 19.8. The molecule has 1 heterocycles. The van der Waals surface area contributed by atoms with Crippen LogP contribution < -0.4 is 16.0 Å². The largest absolute Gasteiger partial charge is 0.452 e. The van der Waals surface area contributed by atoms with Crippen LogP contribution in [0.5, 0.6) is 0 Å². The van der Waals surface area contributed by atoms with Gasteiger partial charge in [0.05, 0.1) is 10.5 Å². The normalized spacial score (nSPS) is 12.6. The Morgan fingerprint density at radius 2 is 1.90 bits per heavy atom. The van der Waals surface area contributed by atoms with Gasteiger partial charge in [0.25, 0.3) is 11.6 Å². The van der Waals surface area contributed by atoms with Crippen molar-refractivity contribution in [1.29, 1.82) is 0 Å². The van der Waals surface area contributed by atoms with Gasteiger partial charge < -0.3 is 20.7 Å². The van der Waals surface area contributed by atoms with Gasteiger partial charge in [-0.1, -0.05) is 0 Å². The molecule has 0 saturated heterocycles. The van der Waals surface area contributed by atoms with Crippen molar-refractivity contribution in [3.8, 4) is 0 Å². The third-order valence-electron chi connectivity index (χ3n) is 4.41. The Kier molecular flexibility index (Phi) is 5.72. The fourth-order valence-electron chi connectivity index (χ4n) is 3.08. The van der Waals surface area contributed by atoms with Gasteiger partial charge in [-0.25, -0.2) is 9.59 Å². The maximum atomic E-state index is 12.5. The Hall–Kier alpha value is -3.95. The van der Waals surface area contributed by atoms with Crippen molar-refractivity contribution in [3.05, 3.63) is 63.7 Å². The Bertz CT molecular complexity index is 973. The number of carbonyl (C=O) groups is 3. The average molecular weight is 398 g/mol. The van der Waals surface area contributed by atoms with E-state index in [4.69, 9.17) is 10.5 Å². The van der Waals surface area contributed by atoms with Gasteiger partial charge in [-0.15, -0.1) is 0 Å². The van der Waals surface area contributed by atoms with Crippen LogP contribution in [0.25, 0.3) is 0 Å². The van der Waals surface area contributed by atoms with Gasteiger partial charge in [-0.05, 0) is 48.7 Å². The fourth-order valence-corrected chi connectivity index (χ4v) is 3.08. The third kappa shape index (κ3) is 4.67. The molecule has 0 aliphatic carbocycles. The minimum Gasteiger partial charge on any atom is -0.452 e. The molecular weight excluding hydrogens is 380 g/mol. The molecule has 150 valence electrons. The maximum absolute atomic E-state index is 12.5. The number of nitrogens with one attached hydrogen (secondary N) is 1. The highest BCUT2D eigenvalue weighted by Crippen LogP contribution is 2.30. The summed E-state index contributed by atoms with van der Waals surface area (Å²) in [6.45, 7) is -0.0226. The number of carbonyl (C=O) groups excluding carboxylic acids is 3. The number of rotatable bonds is 5. The number of benzene rings is 2. The molecule has 0 unspecified atom stereocenters. The number of nitrogens with zero attached hydrogens (tertiary/aromatic N) is 2. The van der Waals surface area contributed by atoms with E-state index in [2.05, 4.69) is 5.32 Å². The van der Waals surface area contributed by atoms with E-state index < -0.39 is 29.4 Å². The van der Waals surface area contributed by atoms with Crippen molar-refractivity contribution in [2.75, 3.05) is 23.4 Å². The van der Waals surface area contributed by atoms with E-state index in [0.29, 0.717) is 36.3 Å². The predicted molar refractivity (Wildman–Crippen MR) is 104 cm³/mol. The molecule has 29 heavy (non-hydrogen) atoms. The molecule has 0 atom stereocenters. The van der Waals surface area contributed by atoms with E-state index in [0.717, 1.165) is 0 Å². The second-order valence-corrected chi connectivity index (χ2v) is 6.36. The SMILES string of the molecule is NC(=O)Nc1ccc(C(=O)OCC(=O)N2CCCc3cc([N+](=O)[O-])ccc32)cc1. The number of anilines is 2. The lowest BCUT2D eigenvalue weighted by Gasteiger charge is -2.29. The Morgan fingerprint density at radius 3 is 2.55 bits per heavy atom. The van der Waals surface area contributed by atoms with Crippen LogP contribution in [0.2, 0.25) is 0 Å². The number of hydrogen-bond acceptors (Lipinski definition) is 6. The lowest BCUT2D eigenvalue weighted by molar-refractivity contribution is -0.384. The summed E-state index contributed by atoms with van der Waals surface area (Å²) in [5, 5.41) is 13.3. The Balaban J connectivity index is 1.63. The topological polar surface area (TPSA) is 145 Å². The number of hydrogen-bond donors (Lipinski definition) is 2. The van der Waals surface area contributed by atoms with Crippen LogP contribution in [0.4, 0.5) is 21.9 Å². The zero-order chi connectivity index (χ0) is 21.0. The molecule has 2 aromatic carbocycles. The second-order valence-electron chi connectivity index (χ2n) is 6.36. The van der Waals surface area contributed by atoms with Crippen molar-refractivity contribution < 1.29 is 24.0 Å². The number of non-ortho nitro benzene ring substituents is 1. The van der Waals surface area contributed by atoms with E-state index in [9.17, 15) is 24.5 Å². The highest BCUT2D eigenvalue weighted by Gasteiger charge is 2.25. The standard InChI is InChI=1S/C19H18N4O6/c20-19(26)21-14-5-3-12(4-6-14)18(25)29-11-17(24)22-9-1-2-13-10-15(23(27)28)7-8-16(13)22/h3-8,10H,1-2,9,11H2,(H3,20,21,26). The van der Waals surface area contributed by atoms with Gasteiger partial charge >= 0.3 is 12.0 Å². The molecule has 10 heteroatoms. The van der Waals surface area contributed by atoms with Gasteiger partial charge in [0, 0.05) is 30.1 Å². The van der Waals surface area contributed by atoms with Crippen LogP contribution in [0, 0.1) is 10.1 Å². The first-order valence-electron chi connectivity index (χ1n) is 8.76. The molecule has 3 amide bonds. The summed E-state index contributed by atoms with van der Waals surface area (Å²) in [7, 11) is 0. The van der Waals surface area contributed by atoms with Gasteiger partial charge in [0.15, 0.2) is 6.61 Å². The van der Waals surface area contributed by atoms with E-state index in [1.165, 1.54) is 47.4 Å². The van der Waals surface area contributed by atoms with Gasteiger partial charge in [0.1, 0.15) is 0 Å². The van der Waals surface area contributed by atoms with Gasteiger partial charge in [-0.3, -0.25) is 14.9 Å². The fraction of sp³-hybridized carbons (Fsp3) is 0.211. The molecule has 0 radical (unpaired) electrons. The van der Waals surface area contributed by atoms with Crippen molar-refractivity contribution in [3.63, 3.8) is 0 Å². The number of aryl methyl sites for hydroxylation is 1. The highest BCUT2D eigenvalue weighted by molar-refractivity contribution is 5.98. The molecule has 1 aliphatic heterocycles. The van der Waals surface area contributed by atoms with Crippen LogP contribution in [0.15, 0.2) is 42.5 Å². The maximum Gasteiger partial charge on any atom is 0.338 e. The van der Waals surface area contributed by atoms with Crippen LogP contribution in [-0.2, 0) is 16.0 Å². The third-order valence-corrected chi connectivity index (χ3v) is 4.41. The number of primary amides is 1. The molecule has 10 nitrogen and oxygen atoms in total. The van der Waals surface area contributed by atoms with Crippen LogP contribution in [-0.4, -0.2) is 36.0 Å². The molecule has 0 bridgehead atoms. The van der Waals surface area contributed by atoms with Crippen molar-refractivity contribution in [1.82, 2.24) is 0 Å². The first-order valence-corrected chi connectivity index (χ1v) is 8.76. The Labute approximate surface area is 165 Å². The summed E-state index contributed by atoms with van der Waals surface area (Å²) in [4.78, 5) is 47.4. The number of ether oxygens (including phenoxy) is 1. The van der Waals surface area contributed by atoms with Crippen molar-refractivity contribution in [2.45, 2.75) is 12.8 Å². The van der Waals surface area contributed by atoms with E-state index in [-0.39, 0.29) is 11.3 Å². The molecule has 2 aromatic rings. The number of urea groups is 1.